The first-order valence-corrected chi connectivity index (χ1v) is 7.68. The number of nitrogens with one attached hydrogen (secondary N) is 1. The number of alkyl halides is 3. The summed E-state index contributed by atoms with van der Waals surface area (Å²) in [6.07, 6.45) is -2.83. The standard InChI is InChI=1S/C16H18F4N2O2/c17-15-11(4-1-5-12(15)16(18,19)20)10-21-13(23)6-2-8-22-9-3-7-14(22)24/h1,4-5H,2-3,6-10H2,(H,21,23). The number of hydrogen-bond acceptors (Lipinski definition) is 2. The molecule has 2 rings (SSSR count). The van der Waals surface area contributed by atoms with E-state index in [-0.39, 0.29) is 24.4 Å². The molecule has 1 saturated heterocycles. The van der Waals surface area contributed by atoms with Crippen LogP contribution in [0.3, 0.4) is 0 Å². The molecule has 4 nitrogen and oxygen atoms in total. The summed E-state index contributed by atoms with van der Waals surface area (Å²) < 4.78 is 51.6. The Labute approximate surface area is 136 Å². The third kappa shape index (κ3) is 4.69. The van der Waals surface area contributed by atoms with Crippen LogP contribution in [-0.4, -0.2) is 29.8 Å². The first kappa shape index (κ1) is 18.2. The Morgan fingerprint density at radius 1 is 1.29 bits per heavy atom. The molecular weight excluding hydrogens is 328 g/mol. The van der Waals surface area contributed by atoms with Crippen LogP contribution in [0.2, 0.25) is 0 Å². The van der Waals surface area contributed by atoms with Gasteiger partial charge < -0.3 is 10.2 Å². The smallest absolute Gasteiger partial charge is 0.352 e. The number of benzene rings is 1. The molecule has 1 aromatic carbocycles. The van der Waals surface area contributed by atoms with Gasteiger partial charge in [0.25, 0.3) is 0 Å². The highest BCUT2D eigenvalue weighted by atomic mass is 19.4. The van der Waals surface area contributed by atoms with Gasteiger partial charge in [-0.05, 0) is 18.9 Å². The van der Waals surface area contributed by atoms with Crippen LogP contribution < -0.4 is 5.32 Å². The molecule has 1 heterocycles. The topological polar surface area (TPSA) is 49.4 Å². The quantitative estimate of drug-likeness (QED) is 0.806. The summed E-state index contributed by atoms with van der Waals surface area (Å²) in [6.45, 7) is 0.858. The predicted octanol–water partition coefficient (Wildman–Crippen LogP) is 2.86. The van der Waals surface area contributed by atoms with E-state index >= 15 is 0 Å². The van der Waals surface area contributed by atoms with Crippen molar-refractivity contribution in [3.63, 3.8) is 0 Å². The van der Waals surface area contributed by atoms with Crippen LogP contribution >= 0.6 is 0 Å². The Balaban J connectivity index is 1.80. The van der Waals surface area contributed by atoms with Gasteiger partial charge in [0, 0.05) is 38.0 Å². The molecule has 1 N–H and O–H groups in total. The highest BCUT2D eigenvalue weighted by Crippen LogP contribution is 2.32. The fraction of sp³-hybridized carbons (Fsp3) is 0.500. The van der Waals surface area contributed by atoms with Crippen LogP contribution in [0.5, 0.6) is 0 Å². The minimum Gasteiger partial charge on any atom is -0.352 e. The molecule has 0 atom stereocenters. The van der Waals surface area contributed by atoms with Gasteiger partial charge in [-0.3, -0.25) is 9.59 Å². The van der Waals surface area contributed by atoms with E-state index < -0.39 is 23.5 Å². The van der Waals surface area contributed by atoms with Gasteiger partial charge in [-0.2, -0.15) is 13.2 Å². The van der Waals surface area contributed by atoms with Crippen molar-refractivity contribution in [2.75, 3.05) is 13.1 Å². The van der Waals surface area contributed by atoms with Crippen molar-refractivity contribution in [1.29, 1.82) is 0 Å². The van der Waals surface area contributed by atoms with Gasteiger partial charge in [0.15, 0.2) is 0 Å². The lowest BCUT2D eigenvalue weighted by Gasteiger charge is -2.15. The second-order valence-corrected chi connectivity index (χ2v) is 5.64. The van der Waals surface area contributed by atoms with Crippen LogP contribution in [-0.2, 0) is 22.3 Å². The minimum absolute atomic E-state index is 0.0708. The summed E-state index contributed by atoms with van der Waals surface area (Å²) in [4.78, 5) is 24.8. The molecule has 0 radical (unpaired) electrons. The van der Waals surface area contributed by atoms with Crippen LogP contribution in [0.4, 0.5) is 17.6 Å². The maximum absolute atomic E-state index is 13.8. The Kier molecular flexibility index (Phi) is 5.80. The Morgan fingerprint density at radius 3 is 2.67 bits per heavy atom. The number of likely N-dealkylation sites (tertiary alicyclic amines) is 1. The van der Waals surface area contributed by atoms with Crippen LogP contribution in [0.15, 0.2) is 18.2 Å². The lowest BCUT2D eigenvalue weighted by atomic mass is 10.1. The largest absolute Gasteiger partial charge is 0.419 e. The fourth-order valence-corrected chi connectivity index (χ4v) is 2.59. The summed E-state index contributed by atoms with van der Waals surface area (Å²) in [7, 11) is 0. The number of nitrogens with zero attached hydrogens (tertiary/aromatic N) is 1. The van der Waals surface area contributed by atoms with E-state index in [4.69, 9.17) is 0 Å². The van der Waals surface area contributed by atoms with Gasteiger partial charge in [0.1, 0.15) is 5.82 Å². The van der Waals surface area contributed by atoms with Crippen LogP contribution in [0.1, 0.15) is 36.8 Å². The SMILES string of the molecule is O=C(CCCN1CCCC1=O)NCc1cccc(C(F)(F)F)c1F. The zero-order valence-corrected chi connectivity index (χ0v) is 13.0. The van der Waals surface area contributed by atoms with E-state index in [1.54, 1.807) is 4.90 Å². The third-order valence-electron chi connectivity index (χ3n) is 3.86. The van der Waals surface area contributed by atoms with E-state index in [2.05, 4.69) is 5.32 Å². The van der Waals surface area contributed by atoms with Gasteiger partial charge in [0.05, 0.1) is 5.56 Å². The number of amides is 2. The molecular formula is C16H18F4N2O2. The van der Waals surface area contributed by atoms with E-state index in [1.165, 1.54) is 6.07 Å². The van der Waals surface area contributed by atoms with E-state index in [0.717, 1.165) is 12.5 Å². The first-order chi connectivity index (χ1) is 11.3. The molecule has 1 aliphatic heterocycles. The van der Waals surface area contributed by atoms with E-state index in [0.29, 0.717) is 32.0 Å². The maximum atomic E-state index is 13.8. The van der Waals surface area contributed by atoms with Crippen molar-refractivity contribution in [2.45, 2.75) is 38.4 Å². The molecule has 1 fully saturated rings. The molecule has 0 bridgehead atoms. The molecule has 1 aliphatic rings. The highest BCUT2D eigenvalue weighted by Gasteiger charge is 2.34. The lowest BCUT2D eigenvalue weighted by Crippen LogP contribution is -2.28. The molecule has 1 aromatic rings. The average Bonchev–Trinajstić information content (AvgIpc) is 2.90. The molecule has 0 spiro atoms. The van der Waals surface area contributed by atoms with E-state index in [1.807, 2.05) is 0 Å². The molecule has 132 valence electrons. The van der Waals surface area contributed by atoms with Crippen molar-refractivity contribution >= 4 is 11.8 Å². The Hall–Kier alpha value is -2.12. The second-order valence-electron chi connectivity index (χ2n) is 5.64. The maximum Gasteiger partial charge on any atom is 0.419 e. The molecule has 0 aliphatic carbocycles. The summed E-state index contributed by atoms with van der Waals surface area (Å²) in [5.74, 6) is -1.69. The van der Waals surface area contributed by atoms with Crippen molar-refractivity contribution < 1.29 is 27.2 Å². The summed E-state index contributed by atoms with van der Waals surface area (Å²) >= 11 is 0. The lowest BCUT2D eigenvalue weighted by molar-refractivity contribution is -0.140. The molecule has 0 saturated carbocycles. The molecule has 2 amide bonds. The summed E-state index contributed by atoms with van der Waals surface area (Å²) in [6, 6.07) is 2.97. The monoisotopic (exact) mass is 346 g/mol. The van der Waals surface area contributed by atoms with Gasteiger partial charge in [0.2, 0.25) is 11.8 Å². The summed E-state index contributed by atoms with van der Waals surface area (Å²) in [5.41, 5.74) is -1.56. The Bertz CT molecular complexity index is 617. The van der Waals surface area contributed by atoms with Gasteiger partial charge in [-0.1, -0.05) is 12.1 Å². The molecule has 0 unspecified atom stereocenters. The average molecular weight is 346 g/mol. The van der Waals surface area contributed by atoms with Crippen molar-refractivity contribution in [1.82, 2.24) is 10.2 Å². The predicted molar refractivity (Wildman–Crippen MR) is 78.3 cm³/mol. The van der Waals surface area contributed by atoms with Gasteiger partial charge in [-0.15, -0.1) is 0 Å². The Morgan fingerprint density at radius 2 is 2.04 bits per heavy atom. The number of hydrogen-bond donors (Lipinski definition) is 1. The van der Waals surface area contributed by atoms with Crippen LogP contribution in [0.25, 0.3) is 0 Å². The fourth-order valence-electron chi connectivity index (χ4n) is 2.59. The summed E-state index contributed by atoms with van der Waals surface area (Å²) in [5, 5.41) is 2.41. The number of carbonyl (C=O) groups excluding carboxylic acids is 2. The van der Waals surface area contributed by atoms with Crippen molar-refractivity contribution in [3.8, 4) is 0 Å². The molecule has 8 heteroatoms. The zero-order valence-electron chi connectivity index (χ0n) is 13.0. The molecule has 0 aromatic heterocycles. The second kappa shape index (κ2) is 7.63. The van der Waals surface area contributed by atoms with Crippen molar-refractivity contribution in [2.24, 2.45) is 0 Å². The van der Waals surface area contributed by atoms with E-state index in [9.17, 15) is 27.2 Å². The first-order valence-electron chi connectivity index (χ1n) is 7.68. The van der Waals surface area contributed by atoms with Crippen LogP contribution in [0, 0.1) is 5.82 Å². The van der Waals surface area contributed by atoms with Gasteiger partial charge in [-0.25, -0.2) is 4.39 Å². The number of carbonyl (C=O) groups is 2. The third-order valence-corrected chi connectivity index (χ3v) is 3.86. The van der Waals surface area contributed by atoms with Gasteiger partial charge >= 0.3 is 6.18 Å². The molecule has 24 heavy (non-hydrogen) atoms. The number of rotatable bonds is 6. The highest BCUT2D eigenvalue weighted by molar-refractivity contribution is 5.78. The zero-order chi connectivity index (χ0) is 17.7. The number of halogens is 4. The van der Waals surface area contributed by atoms with Crippen molar-refractivity contribution in [3.05, 3.63) is 35.1 Å². The normalized spacial score (nSPS) is 15.0. The minimum atomic E-state index is -4.77.